The Balaban J connectivity index is 1.78. The summed E-state index contributed by atoms with van der Waals surface area (Å²) in [4.78, 5) is 23.2. The molecule has 152 valence electrons. The first-order chi connectivity index (χ1) is 13.9. The van der Waals surface area contributed by atoms with E-state index in [1.54, 1.807) is 0 Å². The highest BCUT2D eigenvalue weighted by Crippen LogP contribution is 2.56. The average molecular weight is 392 g/mol. The minimum atomic E-state index is -0.645. The molecule has 0 bridgehead atoms. The van der Waals surface area contributed by atoms with E-state index in [9.17, 15) is 9.59 Å². The topological polar surface area (TPSA) is 61.2 Å². The lowest BCUT2D eigenvalue weighted by Gasteiger charge is -2.53. The number of esters is 1. The van der Waals surface area contributed by atoms with Crippen LogP contribution < -0.4 is 0 Å². The molecule has 2 unspecified atom stereocenters. The number of carbonyl (C=O) groups excluding carboxylic acids is 2. The van der Waals surface area contributed by atoms with Gasteiger partial charge >= 0.3 is 5.97 Å². The highest BCUT2D eigenvalue weighted by molar-refractivity contribution is 5.68. The van der Waals surface area contributed by atoms with E-state index in [0.717, 1.165) is 48.9 Å². The van der Waals surface area contributed by atoms with Crippen LogP contribution in [0.3, 0.4) is 0 Å². The predicted molar refractivity (Wildman–Crippen MR) is 112 cm³/mol. The summed E-state index contributed by atoms with van der Waals surface area (Å²) < 4.78 is 8.00. The Morgan fingerprint density at radius 3 is 2.76 bits per heavy atom. The van der Waals surface area contributed by atoms with Gasteiger partial charge in [-0.1, -0.05) is 30.2 Å². The number of aromatic nitrogens is 2. The van der Waals surface area contributed by atoms with Crippen LogP contribution in [0.15, 0.2) is 36.0 Å². The predicted octanol–water partition coefficient (Wildman–Crippen LogP) is 4.59. The summed E-state index contributed by atoms with van der Waals surface area (Å²) in [5.74, 6) is -0.278. The van der Waals surface area contributed by atoms with Gasteiger partial charge in [-0.15, -0.1) is 0 Å². The van der Waals surface area contributed by atoms with Crippen LogP contribution in [0.2, 0.25) is 0 Å². The van der Waals surface area contributed by atoms with E-state index in [2.05, 4.69) is 49.3 Å². The molecule has 5 heteroatoms. The van der Waals surface area contributed by atoms with Crippen molar-refractivity contribution in [3.8, 4) is 5.69 Å². The number of fused-ring (bicyclic) bond motifs is 2. The van der Waals surface area contributed by atoms with Gasteiger partial charge in [0.05, 0.1) is 17.6 Å². The van der Waals surface area contributed by atoms with Crippen LogP contribution in [0.5, 0.6) is 0 Å². The van der Waals surface area contributed by atoms with Crippen LogP contribution in [-0.2, 0) is 20.7 Å². The minimum Gasteiger partial charge on any atom is -0.458 e. The number of nitrogens with zero attached hydrogens (tertiary/aromatic N) is 2. The standard InChI is InChI=1S/C24H28N2O3/c1-17-7-9-21(10-8-17)26-22-14-20-6-4-11-24(12-5-13-27,29-18(2)28)23(20,3)15-19(22)16-25-26/h7-10,13-14,16H,4-6,11-12,15H2,1-3H3. The van der Waals surface area contributed by atoms with E-state index < -0.39 is 5.60 Å². The normalized spacial score (nSPS) is 25.6. The van der Waals surface area contributed by atoms with Crippen molar-refractivity contribution in [3.05, 3.63) is 52.9 Å². The molecule has 0 saturated heterocycles. The van der Waals surface area contributed by atoms with Gasteiger partial charge in [-0.2, -0.15) is 5.10 Å². The van der Waals surface area contributed by atoms with E-state index in [1.165, 1.54) is 18.1 Å². The fourth-order valence-corrected chi connectivity index (χ4v) is 5.22. The van der Waals surface area contributed by atoms with Gasteiger partial charge in [0.15, 0.2) is 0 Å². The zero-order valence-corrected chi connectivity index (χ0v) is 17.4. The molecule has 0 aliphatic heterocycles. The van der Waals surface area contributed by atoms with E-state index in [4.69, 9.17) is 4.74 Å². The fourth-order valence-electron chi connectivity index (χ4n) is 5.22. The minimum absolute atomic E-state index is 0.278. The Hall–Kier alpha value is -2.69. The maximum absolute atomic E-state index is 12.0. The lowest BCUT2D eigenvalue weighted by atomic mass is 9.56. The number of benzene rings is 1. The van der Waals surface area contributed by atoms with E-state index in [-0.39, 0.29) is 11.4 Å². The summed E-state index contributed by atoms with van der Waals surface area (Å²) in [7, 11) is 0. The molecule has 1 aromatic heterocycles. The molecular weight excluding hydrogens is 364 g/mol. The van der Waals surface area contributed by atoms with E-state index >= 15 is 0 Å². The van der Waals surface area contributed by atoms with Crippen molar-refractivity contribution < 1.29 is 14.3 Å². The molecule has 1 fully saturated rings. The van der Waals surface area contributed by atoms with E-state index in [1.807, 2.05) is 10.9 Å². The zero-order chi connectivity index (χ0) is 20.6. The molecule has 0 radical (unpaired) electrons. The number of rotatable bonds is 5. The molecule has 4 rings (SSSR count). The smallest absolute Gasteiger partial charge is 0.303 e. The number of hydrogen-bond acceptors (Lipinski definition) is 4. The fraction of sp³-hybridized carbons (Fsp3) is 0.458. The van der Waals surface area contributed by atoms with Crippen LogP contribution in [0.4, 0.5) is 0 Å². The van der Waals surface area contributed by atoms with Crippen LogP contribution >= 0.6 is 0 Å². The van der Waals surface area contributed by atoms with Gasteiger partial charge in [0.1, 0.15) is 11.9 Å². The second-order valence-electron chi connectivity index (χ2n) is 8.63. The summed E-state index contributed by atoms with van der Waals surface area (Å²) in [5, 5.41) is 4.67. The first-order valence-electron chi connectivity index (χ1n) is 10.4. The molecule has 2 atom stereocenters. The SMILES string of the molecule is CC(=O)OC1(CCC=O)CCCC2=Cc3c(cnn3-c3ccc(C)cc3)CC21C. The molecule has 1 saturated carbocycles. The molecule has 1 heterocycles. The van der Waals surface area contributed by atoms with Gasteiger partial charge in [-0.05, 0) is 62.8 Å². The summed E-state index contributed by atoms with van der Waals surface area (Å²) in [6.07, 6.45) is 9.51. The molecule has 0 N–H and O–H groups in total. The first-order valence-corrected chi connectivity index (χ1v) is 10.4. The molecular formula is C24H28N2O3. The van der Waals surface area contributed by atoms with Crippen molar-refractivity contribution in [1.29, 1.82) is 0 Å². The van der Waals surface area contributed by atoms with Gasteiger partial charge in [0.25, 0.3) is 0 Å². The molecule has 0 amide bonds. The van der Waals surface area contributed by atoms with Gasteiger partial charge < -0.3 is 9.53 Å². The quantitative estimate of drug-likeness (QED) is 0.551. The highest BCUT2D eigenvalue weighted by atomic mass is 16.6. The monoisotopic (exact) mass is 392 g/mol. The Morgan fingerprint density at radius 1 is 1.31 bits per heavy atom. The third kappa shape index (κ3) is 3.22. The second-order valence-corrected chi connectivity index (χ2v) is 8.63. The van der Waals surface area contributed by atoms with Crippen molar-refractivity contribution in [2.24, 2.45) is 5.41 Å². The van der Waals surface area contributed by atoms with Crippen molar-refractivity contribution in [3.63, 3.8) is 0 Å². The molecule has 2 aliphatic carbocycles. The number of carbonyl (C=O) groups is 2. The maximum Gasteiger partial charge on any atom is 0.303 e. The maximum atomic E-state index is 12.0. The second kappa shape index (κ2) is 7.29. The van der Waals surface area contributed by atoms with Crippen LogP contribution in [0.25, 0.3) is 11.8 Å². The lowest BCUT2D eigenvalue weighted by molar-refractivity contribution is -0.177. The summed E-state index contributed by atoms with van der Waals surface area (Å²) in [6.45, 7) is 5.73. The zero-order valence-electron chi connectivity index (χ0n) is 17.4. The third-order valence-corrected chi connectivity index (χ3v) is 6.77. The van der Waals surface area contributed by atoms with Crippen molar-refractivity contribution >= 4 is 18.3 Å². The van der Waals surface area contributed by atoms with Crippen LogP contribution in [0.1, 0.15) is 62.8 Å². The summed E-state index contributed by atoms with van der Waals surface area (Å²) in [6, 6.07) is 8.36. The Labute approximate surface area is 171 Å². The van der Waals surface area contributed by atoms with Crippen molar-refractivity contribution in [2.45, 2.75) is 64.9 Å². The molecule has 29 heavy (non-hydrogen) atoms. The van der Waals surface area contributed by atoms with Gasteiger partial charge in [0, 0.05) is 18.8 Å². The molecule has 0 spiro atoms. The van der Waals surface area contributed by atoms with Gasteiger partial charge in [-0.3, -0.25) is 4.79 Å². The van der Waals surface area contributed by atoms with Gasteiger partial charge in [0.2, 0.25) is 0 Å². The van der Waals surface area contributed by atoms with Crippen LogP contribution in [-0.4, -0.2) is 27.6 Å². The highest BCUT2D eigenvalue weighted by Gasteiger charge is 2.55. The molecule has 1 aromatic carbocycles. The number of hydrogen-bond donors (Lipinski definition) is 0. The Bertz CT molecular complexity index is 973. The Kier molecular flexibility index (Phi) is 4.93. The number of ether oxygens (including phenoxy) is 1. The van der Waals surface area contributed by atoms with Crippen molar-refractivity contribution in [2.75, 3.05) is 0 Å². The average Bonchev–Trinajstić information content (AvgIpc) is 3.08. The Morgan fingerprint density at radius 2 is 2.07 bits per heavy atom. The van der Waals surface area contributed by atoms with Crippen LogP contribution in [0, 0.1) is 12.3 Å². The molecule has 2 aliphatic rings. The van der Waals surface area contributed by atoms with Gasteiger partial charge in [-0.25, -0.2) is 4.68 Å². The first kappa shape index (κ1) is 19.6. The third-order valence-electron chi connectivity index (χ3n) is 6.77. The van der Waals surface area contributed by atoms with E-state index in [0.29, 0.717) is 12.8 Å². The number of aldehydes is 1. The number of aryl methyl sites for hydroxylation is 1. The summed E-state index contributed by atoms with van der Waals surface area (Å²) >= 11 is 0. The lowest BCUT2D eigenvalue weighted by Crippen LogP contribution is -2.55. The largest absolute Gasteiger partial charge is 0.458 e. The summed E-state index contributed by atoms with van der Waals surface area (Å²) in [5.41, 5.74) is 4.84. The molecule has 5 nitrogen and oxygen atoms in total. The van der Waals surface area contributed by atoms with Crippen molar-refractivity contribution in [1.82, 2.24) is 9.78 Å². The molecule has 2 aromatic rings.